The van der Waals surface area contributed by atoms with Gasteiger partial charge in [0.1, 0.15) is 0 Å². The second kappa shape index (κ2) is 3.55. The van der Waals surface area contributed by atoms with E-state index in [0.717, 1.165) is 12.5 Å². The molecule has 2 heteroatoms. The summed E-state index contributed by atoms with van der Waals surface area (Å²) in [5, 5.41) is 0. The summed E-state index contributed by atoms with van der Waals surface area (Å²) in [4.78, 5) is 2.44. The molecule has 0 saturated carbocycles. The monoisotopic (exact) mass is 156 g/mol. The number of hydrogen-bond acceptors (Lipinski definition) is 2. The molecule has 2 nitrogen and oxygen atoms in total. The van der Waals surface area contributed by atoms with Crippen LogP contribution in [0, 0.1) is 11.8 Å². The molecule has 2 N–H and O–H groups in total. The predicted octanol–water partition coefficient (Wildman–Crippen LogP) is 0.921. The van der Waals surface area contributed by atoms with Gasteiger partial charge < -0.3 is 10.6 Å². The largest absolute Gasteiger partial charge is 0.326 e. The fourth-order valence-corrected chi connectivity index (χ4v) is 1.49. The van der Waals surface area contributed by atoms with Gasteiger partial charge in [0.15, 0.2) is 0 Å². The molecule has 1 heterocycles. The first-order valence-corrected chi connectivity index (χ1v) is 4.57. The Morgan fingerprint density at radius 3 is 2.36 bits per heavy atom. The van der Waals surface area contributed by atoms with Gasteiger partial charge >= 0.3 is 0 Å². The summed E-state index contributed by atoms with van der Waals surface area (Å²) in [5.74, 6) is 1.51. The molecule has 0 amide bonds. The highest BCUT2D eigenvalue weighted by atomic mass is 15.2. The third-order valence-corrected chi connectivity index (χ3v) is 2.47. The van der Waals surface area contributed by atoms with Crippen molar-refractivity contribution in [3.05, 3.63) is 0 Å². The van der Waals surface area contributed by atoms with Crippen molar-refractivity contribution in [3.8, 4) is 0 Å². The molecular formula is C9H20N2. The van der Waals surface area contributed by atoms with Crippen molar-refractivity contribution in [2.24, 2.45) is 17.6 Å². The summed E-state index contributed by atoms with van der Waals surface area (Å²) in [7, 11) is 0. The molecule has 1 saturated heterocycles. The molecule has 0 bridgehead atoms. The van der Waals surface area contributed by atoms with Gasteiger partial charge in [-0.3, -0.25) is 0 Å². The van der Waals surface area contributed by atoms with Crippen molar-refractivity contribution >= 4 is 0 Å². The van der Waals surface area contributed by atoms with Gasteiger partial charge in [-0.1, -0.05) is 20.8 Å². The quantitative estimate of drug-likeness (QED) is 0.658. The maximum atomic E-state index is 5.93. The molecule has 1 unspecified atom stereocenters. The molecule has 0 aliphatic carbocycles. The normalized spacial score (nSPS) is 23.7. The average molecular weight is 156 g/mol. The Kier molecular flexibility index (Phi) is 2.90. The number of rotatable bonds is 3. The summed E-state index contributed by atoms with van der Waals surface area (Å²) in [6, 6.07) is 0.363. The van der Waals surface area contributed by atoms with Crippen molar-refractivity contribution in [3.63, 3.8) is 0 Å². The SMILES string of the molecule is CC1CN(CC(N)C(C)C)C1. The molecule has 1 atom stereocenters. The molecule has 1 aliphatic heterocycles. The van der Waals surface area contributed by atoms with Crippen molar-refractivity contribution in [2.45, 2.75) is 26.8 Å². The molecular weight excluding hydrogens is 136 g/mol. The Morgan fingerprint density at radius 2 is 2.00 bits per heavy atom. The van der Waals surface area contributed by atoms with Crippen LogP contribution in [0.2, 0.25) is 0 Å². The zero-order valence-corrected chi connectivity index (χ0v) is 7.88. The van der Waals surface area contributed by atoms with Crippen LogP contribution < -0.4 is 5.73 Å². The minimum absolute atomic E-state index is 0.363. The van der Waals surface area contributed by atoms with Crippen molar-refractivity contribution in [1.82, 2.24) is 4.90 Å². The zero-order chi connectivity index (χ0) is 8.43. The van der Waals surface area contributed by atoms with E-state index in [1.807, 2.05) is 0 Å². The van der Waals surface area contributed by atoms with Crippen molar-refractivity contribution < 1.29 is 0 Å². The van der Waals surface area contributed by atoms with E-state index in [2.05, 4.69) is 25.7 Å². The molecule has 11 heavy (non-hydrogen) atoms. The third-order valence-electron chi connectivity index (χ3n) is 2.47. The topological polar surface area (TPSA) is 29.3 Å². The van der Waals surface area contributed by atoms with Crippen LogP contribution in [0.25, 0.3) is 0 Å². The Bertz CT molecular complexity index is 117. The van der Waals surface area contributed by atoms with E-state index in [0.29, 0.717) is 12.0 Å². The van der Waals surface area contributed by atoms with E-state index >= 15 is 0 Å². The van der Waals surface area contributed by atoms with Gasteiger partial charge in [0.2, 0.25) is 0 Å². The van der Waals surface area contributed by atoms with E-state index in [1.165, 1.54) is 13.1 Å². The summed E-state index contributed by atoms with van der Waals surface area (Å²) >= 11 is 0. The Labute approximate surface area is 69.8 Å². The molecule has 0 aromatic rings. The highest BCUT2D eigenvalue weighted by molar-refractivity contribution is 4.80. The lowest BCUT2D eigenvalue weighted by atomic mass is 9.99. The first kappa shape index (κ1) is 9.01. The molecule has 0 aromatic carbocycles. The fourth-order valence-electron chi connectivity index (χ4n) is 1.49. The van der Waals surface area contributed by atoms with Gasteiger partial charge in [0, 0.05) is 25.7 Å². The second-order valence-electron chi connectivity index (χ2n) is 4.23. The van der Waals surface area contributed by atoms with Crippen LogP contribution in [0.1, 0.15) is 20.8 Å². The smallest absolute Gasteiger partial charge is 0.0191 e. The molecule has 1 rings (SSSR count). The molecule has 1 fully saturated rings. The highest BCUT2D eigenvalue weighted by Crippen LogP contribution is 2.15. The maximum absolute atomic E-state index is 5.93. The van der Waals surface area contributed by atoms with E-state index < -0.39 is 0 Å². The summed E-state index contributed by atoms with van der Waals surface area (Å²) in [6.45, 7) is 10.3. The van der Waals surface area contributed by atoms with Crippen LogP contribution in [0.5, 0.6) is 0 Å². The number of nitrogens with two attached hydrogens (primary N) is 1. The fraction of sp³-hybridized carbons (Fsp3) is 1.00. The van der Waals surface area contributed by atoms with Gasteiger partial charge in [-0.15, -0.1) is 0 Å². The van der Waals surface area contributed by atoms with Crippen LogP contribution in [-0.2, 0) is 0 Å². The number of likely N-dealkylation sites (tertiary alicyclic amines) is 1. The molecule has 0 radical (unpaired) electrons. The summed E-state index contributed by atoms with van der Waals surface area (Å²) < 4.78 is 0. The van der Waals surface area contributed by atoms with Crippen molar-refractivity contribution in [1.29, 1.82) is 0 Å². The van der Waals surface area contributed by atoms with Gasteiger partial charge in [0.25, 0.3) is 0 Å². The molecule has 0 aromatic heterocycles. The minimum atomic E-state index is 0.363. The van der Waals surface area contributed by atoms with Crippen LogP contribution in [0.15, 0.2) is 0 Å². The standard InChI is InChI=1S/C9H20N2/c1-7(2)9(10)6-11-4-8(3)5-11/h7-9H,4-6,10H2,1-3H3. The molecule has 1 aliphatic rings. The second-order valence-corrected chi connectivity index (χ2v) is 4.23. The maximum Gasteiger partial charge on any atom is 0.0191 e. The van der Waals surface area contributed by atoms with Crippen molar-refractivity contribution in [2.75, 3.05) is 19.6 Å². The lowest BCUT2D eigenvalue weighted by Crippen LogP contribution is -2.51. The highest BCUT2D eigenvalue weighted by Gasteiger charge is 2.24. The van der Waals surface area contributed by atoms with Crippen LogP contribution in [-0.4, -0.2) is 30.6 Å². The number of hydrogen-bond donors (Lipinski definition) is 1. The number of nitrogens with zero attached hydrogens (tertiary/aromatic N) is 1. The van der Waals surface area contributed by atoms with Gasteiger partial charge in [-0.05, 0) is 11.8 Å². The van der Waals surface area contributed by atoms with Crippen LogP contribution >= 0.6 is 0 Å². The Hall–Kier alpha value is -0.0800. The molecule has 66 valence electrons. The van der Waals surface area contributed by atoms with E-state index in [1.54, 1.807) is 0 Å². The Morgan fingerprint density at radius 1 is 1.45 bits per heavy atom. The first-order chi connectivity index (χ1) is 5.09. The van der Waals surface area contributed by atoms with Gasteiger partial charge in [-0.25, -0.2) is 0 Å². The van der Waals surface area contributed by atoms with Gasteiger partial charge in [0.05, 0.1) is 0 Å². The van der Waals surface area contributed by atoms with E-state index in [-0.39, 0.29) is 0 Å². The van der Waals surface area contributed by atoms with E-state index in [9.17, 15) is 0 Å². The Balaban J connectivity index is 2.11. The minimum Gasteiger partial charge on any atom is -0.326 e. The molecule has 0 spiro atoms. The summed E-state index contributed by atoms with van der Waals surface area (Å²) in [5.41, 5.74) is 5.93. The lowest BCUT2D eigenvalue weighted by Gasteiger charge is -2.39. The summed E-state index contributed by atoms with van der Waals surface area (Å²) in [6.07, 6.45) is 0. The third kappa shape index (κ3) is 2.46. The average Bonchev–Trinajstić information content (AvgIpc) is 1.84. The van der Waals surface area contributed by atoms with Gasteiger partial charge in [-0.2, -0.15) is 0 Å². The van der Waals surface area contributed by atoms with Crippen LogP contribution in [0.4, 0.5) is 0 Å². The zero-order valence-electron chi connectivity index (χ0n) is 7.88. The van der Waals surface area contributed by atoms with E-state index in [4.69, 9.17) is 5.73 Å². The van der Waals surface area contributed by atoms with Crippen LogP contribution in [0.3, 0.4) is 0 Å². The predicted molar refractivity (Wildman–Crippen MR) is 48.4 cm³/mol. The lowest BCUT2D eigenvalue weighted by molar-refractivity contribution is 0.0988. The first-order valence-electron chi connectivity index (χ1n) is 4.57.